The van der Waals surface area contributed by atoms with Crippen molar-refractivity contribution >= 4 is 11.8 Å². The molecule has 6 atom stereocenters. The Bertz CT molecular complexity index is 1260. The highest BCUT2D eigenvalue weighted by atomic mass is 16.5. The molecule has 4 aliphatic rings. The number of hydrogen-bond acceptors (Lipinski definition) is 3. The van der Waals surface area contributed by atoms with Gasteiger partial charge in [-0.3, -0.25) is 9.59 Å². The van der Waals surface area contributed by atoms with Crippen molar-refractivity contribution in [3.05, 3.63) is 11.6 Å². The molecule has 3 nitrogen and oxygen atoms in total. The van der Waals surface area contributed by atoms with Crippen LogP contribution in [-0.4, -0.2) is 17.9 Å². The molecule has 0 amide bonds. The van der Waals surface area contributed by atoms with Gasteiger partial charge in [-0.2, -0.15) is 0 Å². The fourth-order valence-corrected chi connectivity index (χ4v) is 7.04. The molecule has 0 aromatic carbocycles. The van der Waals surface area contributed by atoms with Crippen LogP contribution < -0.4 is 0 Å². The quantitative estimate of drug-likeness (QED) is 0.418. The van der Waals surface area contributed by atoms with E-state index >= 15 is 0 Å². The third kappa shape index (κ3) is 3.91. The summed E-state index contributed by atoms with van der Waals surface area (Å²) in [5.41, 5.74) is 0.485. The Balaban J connectivity index is 1.57. The predicted octanol–water partition coefficient (Wildman–Crippen LogP) is 6.79. The van der Waals surface area contributed by atoms with E-state index < -0.39 is 62.6 Å². The van der Waals surface area contributed by atoms with Crippen molar-refractivity contribution in [3.63, 3.8) is 0 Å². The maximum atomic E-state index is 13.4. The molecule has 0 N–H and O–H groups in total. The zero-order valence-electron chi connectivity index (χ0n) is 32.8. The minimum absolute atomic E-state index is 0.0996. The second-order valence-electron chi connectivity index (χ2n) is 9.73. The fourth-order valence-electron chi connectivity index (χ4n) is 7.04. The van der Waals surface area contributed by atoms with Crippen LogP contribution in [0.4, 0.5) is 0 Å². The summed E-state index contributed by atoms with van der Waals surface area (Å²) in [6, 6.07) is 0. The van der Waals surface area contributed by atoms with Crippen LogP contribution in [0.5, 0.6) is 0 Å². The van der Waals surface area contributed by atoms with E-state index in [4.69, 9.17) is 25.3 Å². The Morgan fingerprint density at radius 1 is 1.10 bits per heavy atom. The van der Waals surface area contributed by atoms with Gasteiger partial charge in [-0.25, -0.2) is 0 Å². The van der Waals surface area contributed by atoms with Crippen molar-refractivity contribution in [2.75, 3.05) is 0 Å². The molecule has 3 fully saturated rings. The summed E-state index contributed by atoms with van der Waals surface area (Å²) >= 11 is 0. The van der Waals surface area contributed by atoms with Crippen LogP contribution in [0, 0.1) is 28.6 Å². The van der Waals surface area contributed by atoms with Crippen LogP contribution in [0.15, 0.2) is 11.6 Å². The molecule has 4 rings (SSSR count). The molecular weight excluding hydrogens is 372 g/mol. The molecule has 0 spiro atoms. The average molecular weight is 430 g/mol. The van der Waals surface area contributed by atoms with Crippen molar-refractivity contribution in [1.82, 2.24) is 0 Å². The number of allylic oxidation sites excluding steroid dienone is 1. The Labute approximate surface area is 204 Å². The number of hydrogen-bond donors (Lipinski definition) is 0. The monoisotopic (exact) mass is 429 g/mol. The molecule has 0 heterocycles. The smallest absolute Gasteiger partial charge is 0.306 e. The lowest BCUT2D eigenvalue weighted by Gasteiger charge is -2.57. The molecule has 0 aromatic rings. The maximum Gasteiger partial charge on any atom is 0.306 e. The van der Waals surface area contributed by atoms with Gasteiger partial charge in [-0.15, -0.1) is 0 Å². The Hall–Kier alpha value is -1.12. The van der Waals surface area contributed by atoms with Crippen LogP contribution in [0.25, 0.3) is 0 Å². The Morgan fingerprint density at radius 3 is 2.77 bits per heavy atom. The third-order valence-corrected chi connectivity index (χ3v) is 8.54. The first kappa shape index (κ1) is 10.2. The van der Waals surface area contributed by atoms with E-state index in [1.165, 1.54) is 5.57 Å². The summed E-state index contributed by atoms with van der Waals surface area (Å²) in [4.78, 5) is 25.5. The molecule has 0 radical (unpaired) electrons. The second kappa shape index (κ2) is 8.79. The number of ether oxygens (including phenoxy) is 1. The molecule has 30 heavy (non-hydrogen) atoms. The SMILES string of the molecule is [2H]C([2H])([2H])C([2H])([2H])C([2H])([2H])C([2H])([2H])C([2H])([2H])C([2H])([2H])C([2H])([2H])C(=O)O[C@H]1CC[C@H]2[C@@H]3CCC4=CC(=O)CC[C@]4(C)[C@H]3CC[C@]12C. The van der Waals surface area contributed by atoms with Crippen molar-refractivity contribution in [3.8, 4) is 0 Å². The van der Waals surface area contributed by atoms with E-state index in [1.54, 1.807) is 6.08 Å². The number of ketones is 1. The van der Waals surface area contributed by atoms with Crippen molar-refractivity contribution < 1.29 is 34.9 Å². The molecule has 3 heteroatoms. The molecular formula is C27H42O3. The van der Waals surface area contributed by atoms with Gasteiger partial charge in [0, 0.05) is 38.8 Å². The number of carbonyl (C=O) groups excluding carboxylic acids is 2. The normalized spacial score (nSPS) is 50.9. The first-order valence-electron chi connectivity index (χ1n) is 18.5. The fraction of sp³-hybridized carbons (Fsp3) is 0.852. The van der Waals surface area contributed by atoms with E-state index in [9.17, 15) is 9.59 Å². The van der Waals surface area contributed by atoms with Gasteiger partial charge in [0.05, 0.1) is 0 Å². The highest BCUT2D eigenvalue weighted by molar-refractivity contribution is 5.91. The zero-order valence-corrected chi connectivity index (χ0v) is 17.8. The summed E-state index contributed by atoms with van der Waals surface area (Å²) < 4.78 is 125. The molecule has 0 aromatic heterocycles. The summed E-state index contributed by atoms with van der Waals surface area (Å²) in [6.45, 7) is 0.372. The molecule has 0 saturated heterocycles. The summed E-state index contributed by atoms with van der Waals surface area (Å²) in [5.74, 6) is -0.968. The lowest BCUT2D eigenvalue weighted by atomic mass is 9.47. The molecule has 0 aliphatic heterocycles. The Morgan fingerprint density at radius 2 is 1.93 bits per heavy atom. The Kier molecular flexibility index (Phi) is 2.99. The minimum Gasteiger partial charge on any atom is -0.462 e. The minimum atomic E-state index is -4.29. The largest absolute Gasteiger partial charge is 0.462 e. The van der Waals surface area contributed by atoms with Gasteiger partial charge in [0.15, 0.2) is 5.78 Å². The van der Waals surface area contributed by atoms with Crippen molar-refractivity contribution in [2.45, 2.75) is 116 Å². The standard InChI is InChI=1S/C27H42O3/c1-4-5-6-7-8-9-25(29)30-24-13-12-22-21-11-10-19-18-20(28)14-16-26(19,2)23(21)15-17-27(22,24)3/h18,21-24H,4-17H2,1-3H3/t21-,22-,23-,24-,26-,27-/m0/s1/i1D3,4D2,5D2,6D2,7D2,8D2,9D2. The van der Waals surface area contributed by atoms with E-state index in [0.717, 1.165) is 25.7 Å². The molecule has 168 valence electrons. The van der Waals surface area contributed by atoms with Gasteiger partial charge < -0.3 is 4.74 Å². The molecule has 4 aliphatic carbocycles. The van der Waals surface area contributed by atoms with Crippen molar-refractivity contribution in [1.29, 1.82) is 0 Å². The lowest BCUT2D eigenvalue weighted by Crippen LogP contribution is -2.51. The lowest BCUT2D eigenvalue weighted by molar-refractivity contribution is -0.160. The van der Waals surface area contributed by atoms with Gasteiger partial charge in [-0.05, 0) is 80.6 Å². The van der Waals surface area contributed by atoms with Gasteiger partial charge in [0.1, 0.15) is 6.10 Å². The van der Waals surface area contributed by atoms with Gasteiger partial charge in [0.2, 0.25) is 0 Å². The van der Waals surface area contributed by atoms with Crippen LogP contribution in [0.3, 0.4) is 0 Å². The maximum absolute atomic E-state index is 13.4. The topological polar surface area (TPSA) is 43.4 Å². The van der Waals surface area contributed by atoms with Crippen LogP contribution in [0.1, 0.15) is 131 Å². The van der Waals surface area contributed by atoms with E-state index in [-0.39, 0.29) is 23.0 Å². The highest BCUT2D eigenvalue weighted by Gasteiger charge is 2.59. The van der Waals surface area contributed by atoms with E-state index in [0.29, 0.717) is 31.6 Å². The molecule has 3 saturated carbocycles. The van der Waals surface area contributed by atoms with Gasteiger partial charge in [-0.1, -0.05) is 51.8 Å². The number of rotatable bonds is 7. The van der Waals surface area contributed by atoms with Crippen LogP contribution in [-0.2, 0) is 14.3 Å². The molecule has 0 unspecified atom stereocenters. The van der Waals surface area contributed by atoms with Gasteiger partial charge >= 0.3 is 5.97 Å². The second-order valence-corrected chi connectivity index (χ2v) is 9.73. The average Bonchev–Trinajstić information content (AvgIpc) is 3.23. The predicted molar refractivity (Wildman–Crippen MR) is 120 cm³/mol. The summed E-state index contributed by atoms with van der Waals surface area (Å²) in [5, 5.41) is 0. The number of carbonyl (C=O) groups is 2. The van der Waals surface area contributed by atoms with Crippen molar-refractivity contribution in [2.24, 2.45) is 28.6 Å². The summed E-state index contributed by atoms with van der Waals surface area (Å²) in [6.07, 6.45) is -18.5. The van der Waals surface area contributed by atoms with E-state index in [2.05, 4.69) is 6.92 Å². The number of fused-ring (bicyclic) bond motifs is 5. The first-order valence-corrected chi connectivity index (χ1v) is 11.0. The zero-order chi connectivity index (χ0) is 34.6. The molecule has 0 bridgehead atoms. The highest BCUT2D eigenvalue weighted by Crippen LogP contribution is 2.65. The summed E-state index contributed by atoms with van der Waals surface area (Å²) in [7, 11) is 0. The van der Waals surface area contributed by atoms with Gasteiger partial charge in [0.25, 0.3) is 0 Å². The third-order valence-electron chi connectivity index (χ3n) is 8.54. The van der Waals surface area contributed by atoms with Crippen LogP contribution in [0.2, 0.25) is 0 Å². The van der Waals surface area contributed by atoms with E-state index in [1.807, 2.05) is 6.92 Å². The first-order chi connectivity index (χ1) is 20.1. The number of esters is 1. The van der Waals surface area contributed by atoms with Crippen LogP contribution >= 0.6 is 0 Å².